The third-order valence-electron chi connectivity index (χ3n) is 2.47. The van der Waals surface area contributed by atoms with Crippen LogP contribution in [-0.2, 0) is 10.0 Å². The van der Waals surface area contributed by atoms with Crippen LogP contribution in [0.2, 0.25) is 0 Å². The van der Waals surface area contributed by atoms with Crippen LogP contribution in [0.5, 0.6) is 0 Å². The van der Waals surface area contributed by atoms with E-state index in [4.69, 9.17) is 5.84 Å². The second-order valence-electron chi connectivity index (χ2n) is 4.28. The molecule has 0 aliphatic heterocycles. The van der Waals surface area contributed by atoms with Gasteiger partial charge < -0.3 is 10.3 Å². The van der Waals surface area contributed by atoms with Crippen molar-refractivity contribution in [3.05, 3.63) is 28.3 Å². The Morgan fingerprint density at radius 2 is 2.05 bits per heavy atom. The average molecular weight is 303 g/mol. The number of nitrogens with two attached hydrogens (primary N) is 1. The van der Waals surface area contributed by atoms with Crippen molar-refractivity contribution < 1.29 is 13.3 Å². The quantitative estimate of drug-likeness (QED) is 0.358. The van der Waals surface area contributed by atoms with Crippen LogP contribution >= 0.6 is 0 Å². The number of likely N-dealkylation sites (N-methyl/N-ethyl adjacent to an activating group) is 1. The lowest BCUT2D eigenvalue weighted by atomic mass is 10.3. The van der Waals surface area contributed by atoms with E-state index in [-0.39, 0.29) is 22.8 Å². The number of non-ortho nitro benzene ring substituents is 1. The Labute approximate surface area is 116 Å². The van der Waals surface area contributed by atoms with E-state index in [2.05, 4.69) is 10.1 Å². The fourth-order valence-corrected chi connectivity index (χ4v) is 2.66. The summed E-state index contributed by atoms with van der Waals surface area (Å²) in [6, 6.07) is 3.39. The first-order valence-corrected chi connectivity index (χ1v) is 7.15. The van der Waals surface area contributed by atoms with Crippen molar-refractivity contribution in [2.75, 3.05) is 32.6 Å². The van der Waals surface area contributed by atoms with Crippen LogP contribution in [-0.4, -0.2) is 45.4 Å². The molecule has 0 saturated carbocycles. The summed E-state index contributed by atoms with van der Waals surface area (Å²) in [6.07, 6.45) is 0. The predicted octanol–water partition coefficient (Wildman–Crippen LogP) is -0.280. The number of anilines is 1. The first-order chi connectivity index (χ1) is 9.27. The third-order valence-corrected chi connectivity index (χ3v) is 3.97. The van der Waals surface area contributed by atoms with Gasteiger partial charge in [0.25, 0.3) is 5.69 Å². The molecule has 10 heteroatoms. The van der Waals surface area contributed by atoms with E-state index in [1.165, 1.54) is 12.1 Å². The lowest BCUT2D eigenvalue weighted by Crippen LogP contribution is -2.32. The summed E-state index contributed by atoms with van der Waals surface area (Å²) in [7, 11) is -0.278. The molecular weight excluding hydrogens is 286 g/mol. The molecule has 9 nitrogen and oxygen atoms in total. The van der Waals surface area contributed by atoms with E-state index in [1.807, 2.05) is 0 Å². The number of hydrazine groups is 1. The monoisotopic (exact) mass is 303 g/mol. The molecule has 1 aromatic carbocycles. The average Bonchev–Trinajstić information content (AvgIpc) is 2.37. The number of nitrogen functional groups attached to an aromatic ring is 1. The second-order valence-corrected chi connectivity index (χ2v) is 6.02. The van der Waals surface area contributed by atoms with Gasteiger partial charge in [0.2, 0.25) is 10.0 Å². The second kappa shape index (κ2) is 6.61. The van der Waals surface area contributed by atoms with E-state index >= 15 is 0 Å². The highest BCUT2D eigenvalue weighted by Crippen LogP contribution is 2.25. The highest BCUT2D eigenvalue weighted by molar-refractivity contribution is 7.89. The van der Waals surface area contributed by atoms with E-state index < -0.39 is 14.9 Å². The summed E-state index contributed by atoms with van der Waals surface area (Å²) in [4.78, 5) is 11.6. The van der Waals surface area contributed by atoms with Crippen molar-refractivity contribution in [2.45, 2.75) is 4.90 Å². The Bertz CT molecular complexity index is 587. The van der Waals surface area contributed by atoms with Gasteiger partial charge in [-0.3, -0.25) is 16.0 Å². The van der Waals surface area contributed by atoms with Crippen molar-refractivity contribution in [1.82, 2.24) is 9.62 Å². The third kappa shape index (κ3) is 4.13. The van der Waals surface area contributed by atoms with Gasteiger partial charge >= 0.3 is 0 Å². The van der Waals surface area contributed by atoms with Gasteiger partial charge in [-0.25, -0.2) is 13.1 Å². The number of sulfonamides is 1. The molecule has 1 rings (SSSR count). The molecule has 1 aromatic rings. The fourth-order valence-electron chi connectivity index (χ4n) is 1.45. The number of nitro groups is 1. The van der Waals surface area contributed by atoms with Crippen LogP contribution in [0.15, 0.2) is 23.1 Å². The number of nitrogens with zero attached hydrogens (tertiary/aromatic N) is 2. The fraction of sp³-hybridized carbons (Fsp3) is 0.400. The Hall–Kier alpha value is -1.75. The van der Waals surface area contributed by atoms with E-state index in [9.17, 15) is 18.5 Å². The smallest absolute Gasteiger partial charge is 0.270 e. The summed E-state index contributed by atoms with van der Waals surface area (Å²) in [5.74, 6) is 5.23. The molecule has 0 unspecified atom stereocenters. The molecule has 0 saturated heterocycles. The molecule has 0 aromatic heterocycles. The maximum Gasteiger partial charge on any atom is 0.270 e. The molecule has 0 aliphatic carbocycles. The minimum Gasteiger partial charge on any atom is -0.323 e. The Balaban J connectivity index is 3.08. The lowest BCUT2D eigenvalue weighted by molar-refractivity contribution is -0.385. The number of hydrogen-bond acceptors (Lipinski definition) is 7. The van der Waals surface area contributed by atoms with Gasteiger partial charge in [-0.2, -0.15) is 0 Å². The van der Waals surface area contributed by atoms with Gasteiger partial charge in [-0.1, -0.05) is 0 Å². The number of hydrogen-bond donors (Lipinski definition) is 3. The van der Waals surface area contributed by atoms with E-state index in [0.717, 1.165) is 6.07 Å². The summed E-state index contributed by atoms with van der Waals surface area (Å²) < 4.78 is 26.6. The molecule has 0 radical (unpaired) electrons. The minimum atomic E-state index is -3.88. The van der Waals surface area contributed by atoms with Gasteiger partial charge in [0.1, 0.15) is 4.90 Å². The van der Waals surface area contributed by atoms with Crippen molar-refractivity contribution >= 4 is 21.4 Å². The van der Waals surface area contributed by atoms with Gasteiger partial charge in [0, 0.05) is 25.2 Å². The zero-order valence-electron chi connectivity index (χ0n) is 11.2. The van der Waals surface area contributed by atoms with Crippen LogP contribution < -0.4 is 16.0 Å². The summed E-state index contributed by atoms with van der Waals surface area (Å²) >= 11 is 0. The van der Waals surface area contributed by atoms with Crippen LogP contribution in [0.25, 0.3) is 0 Å². The summed E-state index contributed by atoms with van der Waals surface area (Å²) in [5, 5.41) is 10.7. The summed E-state index contributed by atoms with van der Waals surface area (Å²) in [5.41, 5.74) is 1.98. The van der Waals surface area contributed by atoms with Crippen LogP contribution in [0.1, 0.15) is 0 Å². The molecule has 4 N–H and O–H groups in total. The number of nitrogens with one attached hydrogen (secondary N) is 2. The molecule has 0 heterocycles. The topological polar surface area (TPSA) is 131 Å². The van der Waals surface area contributed by atoms with Crippen molar-refractivity contribution in [2.24, 2.45) is 5.84 Å². The maximum absolute atomic E-state index is 12.1. The number of nitro benzene ring substituents is 1. The Kier molecular flexibility index (Phi) is 5.39. The highest BCUT2D eigenvalue weighted by atomic mass is 32.2. The van der Waals surface area contributed by atoms with Gasteiger partial charge in [0.05, 0.1) is 10.6 Å². The van der Waals surface area contributed by atoms with Gasteiger partial charge in [-0.15, -0.1) is 0 Å². The molecule has 0 atom stereocenters. The van der Waals surface area contributed by atoms with E-state index in [1.54, 1.807) is 19.0 Å². The van der Waals surface area contributed by atoms with Gasteiger partial charge in [-0.05, 0) is 20.2 Å². The molecular formula is C10H17N5O4S. The highest BCUT2D eigenvalue weighted by Gasteiger charge is 2.21. The Morgan fingerprint density at radius 3 is 2.55 bits per heavy atom. The molecule has 20 heavy (non-hydrogen) atoms. The SMILES string of the molecule is CN(C)CCNS(=O)(=O)c1cc([N+](=O)[O-])ccc1NN. The Morgan fingerprint density at radius 1 is 1.40 bits per heavy atom. The zero-order valence-corrected chi connectivity index (χ0v) is 12.0. The predicted molar refractivity (Wildman–Crippen MR) is 74.6 cm³/mol. The molecule has 0 spiro atoms. The molecule has 0 amide bonds. The molecule has 0 fully saturated rings. The van der Waals surface area contributed by atoms with Crippen molar-refractivity contribution in [1.29, 1.82) is 0 Å². The molecule has 0 bridgehead atoms. The standard InChI is InChI=1S/C10H17N5O4S/c1-14(2)6-5-12-20(18,19)10-7-8(15(16)17)3-4-9(10)13-11/h3-4,7,12-13H,5-6,11H2,1-2H3. The van der Waals surface area contributed by atoms with Crippen LogP contribution in [0.3, 0.4) is 0 Å². The number of benzene rings is 1. The normalized spacial score (nSPS) is 11.6. The van der Waals surface area contributed by atoms with Gasteiger partial charge in [0.15, 0.2) is 0 Å². The maximum atomic E-state index is 12.1. The van der Waals surface area contributed by atoms with E-state index in [0.29, 0.717) is 6.54 Å². The lowest BCUT2D eigenvalue weighted by Gasteiger charge is -2.13. The van der Waals surface area contributed by atoms with Crippen LogP contribution in [0, 0.1) is 10.1 Å². The first kappa shape index (κ1) is 16.3. The first-order valence-electron chi connectivity index (χ1n) is 5.67. The van der Waals surface area contributed by atoms with Crippen molar-refractivity contribution in [3.8, 4) is 0 Å². The molecule has 0 aliphatic rings. The molecule has 112 valence electrons. The van der Waals surface area contributed by atoms with Crippen molar-refractivity contribution in [3.63, 3.8) is 0 Å². The van der Waals surface area contributed by atoms with Crippen LogP contribution in [0.4, 0.5) is 11.4 Å². The largest absolute Gasteiger partial charge is 0.323 e. The zero-order chi connectivity index (χ0) is 15.3. The summed E-state index contributed by atoms with van der Waals surface area (Å²) in [6.45, 7) is 0.682. The minimum absolute atomic E-state index is 0.0907. The number of rotatable bonds is 7.